The molecule has 0 aliphatic carbocycles. The average Bonchev–Trinajstić information content (AvgIpc) is 2.38. The zero-order chi connectivity index (χ0) is 15.1. The third-order valence-electron chi connectivity index (χ3n) is 2.68. The molecule has 0 saturated carbocycles. The Kier molecular flexibility index (Phi) is 5.54. The van der Waals surface area contributed by atoms with Crippen molar-refractivity contribution >= 4 is 17.7 Å². The zero-order valence-corrected chi connectivity index (χ0v) is 11.5. The first-order valence-electron chi connectivity index (χ1n) is 6.19. The molecule has 0 saturated heterocycles. The standard InChI is InChI=1S/C14H17N3O3/c1-10(2)17(9-13(18)19)14(20)16-12-5-3-11(4-6-12)7-8-15/h3-6,10H,7,9H2,1-2H3,(H,16,20)(H,18,19). The Balaban J connectivity index is 2.72. The Bertz CT molecular complexity index is 517. The molecule has 0 aromatic heterocycles. The predicted octanol–water partition coefficient (Wildman–Crippen LogP) is 2.08. The van der Waals surface area contributed by atoms with Gasteiger partial charge in [0.25, 0.3) is 0 Å². The molecule has 6 nitrogen and oxygen atoms in total. The van der Waals surface area contributed by atoms with Crippen molar-refractivity contribution in [2.45, 2.75) is 26.3 Å². The maximum absolute atomic E-state index is 12.0. The van der Waals surface area contributed by atoms with Crippen LogP contribution in [-0.4, -0.2) is 34.6 Å². The van der Waals surface area contributed by atoms with E-state index < -0.39 is 12.0 Å². The number of carbonyl (C=O) groups is 2. The smallest absolute Gasteiger partial charge is 0.323 e. The molecule has 2 amide bonds. The highest BCUT2D eigenvalue weighted by atomic mass is 16.4. The van der Waals surface area contributed by atoms with Gasteiger partial charge in [0.05, 0.1) is 12.5 Å². The second kappa shape index (κ2) is 7.14. The lowest BCUT2D eigenvalue weighted by molar-refractivity contribution is -0.137. The van der Waals surface area contributed by atoms with Gasteiger partial charge in [-0.05, 0) is 31.5 Å². The van der Waals surface area contributed by atoms with Crippen LogP contribution in [0.3, 0.4) is 0 Å². The SMILES string of the molecule is CC(C)N(CC(=O)O)C(=O)Nc1ccc(CC#N)cc1. The predicted molar refractivity (Wildman–Crippen MR) is 74.3 cm³/mol. The first kappa shape index (κ1) is 15.5. The molecule has 0 radical (unpaired) electrons. The van der Waals surface area contributed by atoms with Crippen molar-refractivity contribution < 1.29 is 14.7 Å². The number of carboxylic acids is 1. The van der Waals surface area contributed by atoms with Crippen LogP contribution in [0.15, 0.2) is 24.3 Å². The highest BCUT2D eigenvalue weighted by molar-refractivity contribution is 5.91. The van der Waals surface area contributed by atoms with Crippen LogP contribution in [0.25, 0.3) is 0 Å². The molecule has 0 atom stereocenters. The van der Waals surface area contributed by atoms with E-state index >= 15 is 0 Å². The van der Waals surface area contributed by atoms with Crippen LogP contribution in [0, 0.1) is 11.3 Å². The van der Waals surface area contributed by atoms with E-state index in [0.29, 0.717) is 12.1 Å². The minimum atomic E-state index is -1.06. The van der Waals surface area contributed by atoms with Crippen molar-refractivity contribution in [3.8, 4) is 6.07 Å². The van der Waals surface area contributed by atoms with E-state index in [2.05, 4.69) is 5.32 Å². The number of hydrogen-bond donors (Lipinski definition) is 2. The third kappa shape index (κ3) is 4.61. The fourth-order valence-electron chi connectivity index (χ4n) is 1.63. The summed E-state index contributed by atoms with van der Waals surface area (Å²) in [5, 5.41) is 20.0. The van der Waals surface area contributed by atoms with Gasteiger partial charge in [-0.15, -0.1) is 0 Å². The van der Waals surface area contributed by atoms with Crippen LogP contribution in [0.4, 0.5) is 10.5 Å². The molecule has 6 heteroatoms. The van der Waals surface area contributed by atoms with Crippen molar-refractivity contribution in [2.75, 3.05) is 11.9 Å². The molecule has 0 aliphatic heterocycles. The van der Waals surface area contributed by atoms with Crippen molar-refractivity contribution in [3.05, 3.63) is 29.8 Å². The number of rotatable bonds is 5. The van der Waals surface area contributed by atoms with Gasteiger partial charge in [0, 0.05) is 11.7 Å². The molecule has 0 bridgehead atoms. The normalized spacial score (nSPS) is 9.90. The maximum atomic E-state index is 12.0. The van der Waals surface area contributed by atoms with Crippen LogP contribution in [0.5, 0.6) is 0 Å². The van der Waals surface area contributed by atoms with E-state index in [-0.39, 0.29) is 12.6 Å². The minimum Gasteiger partial charge on any atom is -0.480 e. The fraction of sp³-hybridized carbons (Fsp3) is 0.357. The highest BCUT2D eigenvalue weighted by Gasteiger charge is 2.19. The number of nitriles is 1. The Labute approximate surface area is 117 Å². The van der Waals surface area contributed by atoms with Crippen molar-refractivity contribution in [2.24, 2.45) is 0 Å². The average molecular weight is 275 g/mol. The number of anilines is 1. The third-order valence-corrected chi connectivity index (χ3v) is 2.68. The molecule has 1 rings (SSSR count). The summed E-state index contributed by atoms with van der Waals surface area (Å²) in [6.07, 6.45) is 0.311. The lowest BCUT2D eigenvalue weighted by atomic mass is 10.1. The highest BCUT2D eigenvalue weighted by Crippen LogP contribution is 2.11. The number of benzene rings is 1. The molecule has 1 aromatic rings. The molecule has 0 unspecified atom stereocenters. The van der Waals surface area contributed by atoms with Crippen LogP contribution in [0.2, 0.25) is 0 Å². The van der Waals surface area contributed by atoms with Gasteiger partial charge >= 0.3 is 12.0 Å². The molecule has 106 valence electrons. The largest absolute Gasteiger partial charge is 0.480 e. The van der Waals surface area contributed by atoms with Crippen LogP contribution >= 0.6 is 0 Å². The molecular formula is C14H17N3O3. The summed E-state index contributed by atoms with van der Waals surface area (Å²) >= 11 is 0. The van der Waals surface area contributed by atoms with Crippen LogP contribution in [0.1, 0.15) is 19.4 Å². The Morgan fingerprint density at radius 3 is 2.40 bits per heavy atom. The summed E-state index contributed by atoms with van der Waals surface area (Å²) in [5.41, 5.74) is 1.42. The summed E-state index contributed by atoms with van der Waals surface area (Å²) < 4.78 is 0. The second-order valence-corrected chi connectivity index (χ2v) is 4.58. The lowest BCUT2D eigenvalue weighted by Gasteiger charge is -2.25. The van der Waals surface area contributed by atoms with Gasteiger partial charge in [-0.25, -0.2) is 4.79 Å². The summed E-state index contributed by atoms with van der Waals surface area (Å²) in [4.78, 5) is 24.0. The monoisotopic (exact) mass is 275 g/mol. The van der Waals surface area contributed by atoms with Gasteiger partial charge in [0.15, 0.2) is 0 Å². The van der Waals surface area contributed by atoms with E-state index in [1.807, 2.05) is 6.07 Å². The number of urea groups is 1. The van der Waals surface area contributed by atoms with Crippen LogP contribution in [-0.2, 0) is 11.2 Å². The zero-order valence-electron chi connectivity index (χ0n) is 11.5. The first-order chi connectivity index (χ1) is 9.43. The number of aliphatic carboxylic acids is 1. The van der Waals surface area contributed by atoms with Gasteiger partial charge < -0.3 is 15.3 Å². The molecule has 1 aromatic carbocycles. The summed E-state index contributed by atoms with van der Waals surface area (Å²) in [5.74, 6) is -1.06. The molecule has 0 fully saturated rings. The molecule has 20 heavy (non-hydrogen) atoms. The number of hydrogen-bond acceptors (Lipinski definition) is 3. The second-order valence-electron chi connectivity index (χ2n) is 4.58. The molecule has 2 N–H and O–H groups in total. The number of nitrogens with one attached hydrogen (secondary N) is 1. The summed E-state index contributed by atoms with van der Waals surface area (Å²) in [6, 6.07) is 8.22. The Morgan fingerprint density at radius 1 is 1.35 bits per heavy atom. The summed E-state index contributed by atoms with van der Waals surface area (Å²) in [6.45, 7) is 3.15. The number of carboxylic acid groups (broad SMARTS) is 1. The van der Waals surface area contributed by atoms with Crippen molar-refractivity contribution in [3.63, 3.8) is 0 Å². The number of amides is 2. The van der Waals surface area contributed by atoms with Crippen molar-refractivity contribution in [1.29, 1.82) is 5.26 Å². The van der Waals surface area contributed by atoms with E-state index in [1.54, 1.807) is 38.1 Å². The van der Waals surface area contributed by atoms with Gasteiger partial charge in [-0.1, -0.05) is 12.1 Å². The van der Waals surface area contributed by atoms with Crippen LogP contribution < -0.4 is 5.32 Å². The minimum absolute atomic E-state index is 0.219. The molecule has 0 aliphatic rings. The van der Waals surface area contributed by atoms with E-state index in [4.69, 9.17) is 10.4 Å². The number of carbonyl (C=O) groups excluding carboxylic acids is 1. The first-order valence-corrected chi connectivity index (χ1v) is 6.19. The van der Waals surface area contributed by atoms with Gasteiger partial charge in [-0.3, -0.25) is 4.79 Å². The summed E-state index contributed by atoms with van der Waals surface area (Å²) in [7, 11) is 0. The lowest BCUT2D eigenvalue weighted by Crippen LogP contribution is -2.43. The Morgan fingerprint density at radius 2 is 1.95 bits per heavy atom. The fourth-order valence-corrected chi connectivity index (χ4v) is 1.63. The Hall–Kier alpha value is -2.55. The quantitative estimate of drug-likeness (QED) is 0.860. The van der Waals surface area contributed by atoms with E-state index in [1.165, 1.54) is 4.90 Å². The number of nitrogens with zero attached hydrogens (tertiary/aromatic N) is 2. The van der Waals surface area contributed by atoms with E-state index in [9.17, 15) is 9.59 Å². The topological polar surface area (TPSA) is 93.4 Å². The van der Waals surface area contributed by atoms with Gasteiger partial charge in [0.2, 0.25) is 0 Å². The molecular weight excluding hydrogens is 258 g/mol. The van der Waals surface area contributed by atoms with Crippen molar-refractivity contribution in [1.82, 2.24) is 4.90 Å². The van der Waals surface area contributed by atoms with Gasteiger partial charge in [-0.2, -0.15) is 5.26 Å². The van der Waals surface area contributed by atoms with E-state index in [0.717, 1.165) is 5.56 Å². The molecule has 0 heterocycles. The molecule has 0 spiro atoms. The maximum Gasteiger partial charge on any atom is 0.323 e. The van der Waals surface area contributed by atoms with Gasteiger partial charge in [0.1, 0.15) is 6.54 Å².